The summed E-state index contributed by atoms with van der Waals surface area (Å²) in [7, 11) is 3.81. The van der Waals surface area contributed by atoms with Crippen LogP contribution in [0.1, 0.15) is 23.2 Å². The molecule has 1 amide bonds. The van der Waals surface area contributed by atoms with Crippen LogP contribution in [0.4, 0.5) is 11.5 Å². The van der Waals surface area contributed by atoms with Gasteiger partial charge in [-0.2, -0.15) is 0 Å². The number of hydrogen-bond donors (Lipinski definition) is 0. The number of carbonyl (C=O) groups excluding carboxylic acids is 1. The fraction of sp³-hybridized carbons (Fsp3) is 0.389. The first-order chi connectivity index (χ1) is 11.6. The van der Waals surface area contributed by atoms with Crippen molar-refractivity contribution in [1.82, 2.24) is 9.97 Å². The van der Waals surface area contributed by atoms with Gasteiger partial charge in [0.25, 0.3) is 5.91 Å². The first-order valence-electron chi connectivity index (χ1n) is 8.12. The molecule has 1 atom stereocenters. The Hall–Kier alpha value is -2.47. The summed E-state index contributed by atoms with van der Waals surface area (Å²) in [5, 5.41) is 0. The Balaban J connectivity index is 1.89. The lowest BCUT2D eigenvalue weighted by Gasteiger charge is -2.26. The van der Waals surface area contributed by atoms with Crippen molar-refractivity contribution in [3.8, 4) is 0 Å². The molecule has 0 spiro atoms. The third kappa shape index (κ3) is 3.71. The molecular formula is C18H22N4O2. The van der Waals surface area contributed by atoms with Crippen LogP contribution in [0, 0.1) is 0 Å². The van der Waals surface area contributed by atoms with E-state index < -0.39 is 0 Å². The van der Waals surface area contributed by atoms with Gasteiger partial charge in [0.05, 0.1) is 12.6 Å². The summed E-state index contributed by atoms with van der Waals surface area (Å²) in [6, 6.07) is 7.26. The second kappa shape index (κ2) is 7.40. The number of aromatic nitrogens is 2. The molecule has 6 heteroatoms. The molecule has 0 saturated carbocycles. The van der Waals surface area contributed by atoms with Gasteiger partial charge in [-0.3, -0.25) is 9.78 Å². The number of hydrogen-bond acceptors (Lipinski definition) is 5. The van der Waals surface area contributed by atoms with Crippen LogP contribution in [0.5, 0.6) is 0 Å². The van der Waals surface area contributed by atoms with Gasteiger partial charge in [0.1, 0.15) is 5.82 Å². The zero-order valence-electron chi connectivity index (χ0n) is 14.1. The number of ether oxygens (including phenoxy) is 1. The van der Waals surface area contributed by atoms with Gasteiger partial charge in [0, 0.05) is 50.5 Å². The molecule has 2 aromatic rings. The number of rotatable bonds is 5. The van der Waals surface area contributed by atoms with E-state index in [4.69, 9.17) is 4.74 Å². The Kier molecular flexibility index (Phi) is 5.05. The third-order valence-corrected chi connectivity index (χ3v) is 4.08. The standard InChI is InChI=1S/C18H22N4O2/c1-21(2)17-12-14(5-10-20-17)18(23)22(13-16-4-3-11-24-16)15-6-8-19-9-7-15/h5-10,12,16H,3-4,11,13H2,1-2H3/t16-/m1/s1. The van der Waals surface area contributed by atoms with Crippen molar-refractivity contribution in [1.29, 1.82) is 0 Å². The second-order valence-corrected chi connectivity index (χ2v) is 6.05. The van der Waals surface area contributed by atoms with E-state index in [9.17, 15) is 4.79 Å². The highest BCUT2D eigenvalue weighted by Gasteiger charge is 2.25. The van der Waals surface area contributed by atoms with Crippen LogP contribution in [-0.4, -0.2) is 49.2 Å². The van der Waals surface area contributed by atoms with Gasteiger partial charge in [-0.15, -0.1) is 0 Å². The van der Waals surface area contributed by atoms with E-state index in [1.165, 1.54) is 0 Å². The zero-order chi connectivity index (χ0) is 16.9. The Bertz CT molecular complexity index is 684. The number of amides is 1. The molecule has 3 heterocycles. The molecule has 1 fully saturated rings. The molecule has 0 unspecified atom stereocenters. The molecule has 0 aliphatic carbocycles. The highest BCUT2D eigenvalue weighted by atomic mass is 16.5. The van der Waals surface area contributed by atoms with E-state index in [0.717, 1.165) is 31.0 Å². The van der Waals surface area contributed by atoms with Crippen molar-refractivity contribution < 1.29 is 9.53 Å². The van der Waals surface area contributed by atoms with Gasteiger partial charge >= 0.3 is 0 Å². The van der Waals surface area contributed by atoms with Gasteiger partial charge in [0.15, 0.2) is 0 Å². The summed E-state index contributed by atoms with van der Waals surface area (Å²) >= 11 is 0. The van der Waals surface area contributed by atoms with Crippen LogP contribution in [0.25, 0.3) is 0 Å². The number of anilines is 2. The van der Waals surface area contributed by atoms with Gasteiger partial charge in [-0.1, -0.05) is 0 Å². The van der Waals surface area contributed by atoms with Crippen molar-refractivity contribution in [2.45, 2.75) is 18.9 Å². The Morgan fingerprint density at radius 3 is 2.71 bits per heavy atom. The van der Waals surface area contributed by atoms with Crippen LogP contribution in [0.2, 0.25) is 0 Å². The molecule has 0 N–H and O–H groups in total. The molecule has 24 heavy (non-hydrogen) atoms. The van der Waals surface area contributed by atoms with Gasteiger partial charge < -0.3 is 14.5 Å². The predicted molar refractivity (Wildman–Crippen MR) is 93.5 cm³/mol. The molecule has 1 saturated heterocycles. The molecular weight excluding hydrogens is 304 g/mol. The maximum atomic E-state index is 13.1. The van der Waals surface area contributed by atoms with Gasteiger partial charge in [-0.05, 0) is 37.1 Å². The lowest BCUT2D eigenvalue weighted by molar-refractivity contribution is 0.0917. The SMILES string of the molecule is CN(C)c1cc(C(=O)N(C[C@H]2CCCO2)c2ccncc2)ccn1. The van der Waals surface area contributed by atoms with E-state index in [1.54, 1.807) is 29.6 Å². The fourth-order valence-corrected chi connectivity index (χ4v) is 2.77. The molecule has 1 aliphatic heterocycles. The fourth-order valence-electron chi connectivity index (χ4n) is 2.77. The summed E-state index contributed by atoms with van der Waals surface area (Å²) in [4.78, 5) is 25.1. The number of carbonyl (C=O) groups is 1. The van der Waals surface area contributed by atoms with Crippen molar-refractivity contribution >= 4 is 17.4 Å². The van der Waals surface area contributed by atoms with Crippen LogP contribution in [-0.2, 0) is 4.74 Å². The monoisotopic (exact) mass is 326 g/mol. The second-order valence-electron chi connectivity index (χ2n) is 6.05. The predicted octanol–water partition coefficient (Wildman–Crippen LogP) is 2.37. The molecule has 3 rings (SSSR count). The molecule has 0 radical (unpaired) electrons. The van der Waals surface area contributed by atoms with Crippen molar-refractivity contribution in [2.75, 3.05) is 37.0 Å². The van der Waals surface area contributed by atoms with Crippen LogP contribution >= 0.6 is 0 Å². The molecule has 1 aliphatic rings. The van der Waals surface area contributed by atoms with Crippen molar-refractivity contribution in [3.63, 3.8) is 0 Å². The summed E-state index contributed by atoms with van der Waals surface area (Å²) in [5.41, 5.74) is 1.44. The summed E-state index contributed by atoms with van der Waals surface area (Å²) < 4.78 is 5.72. The van der Waals surface area contributed by atoms with Crippen LogP contribution in [0.3, 0.4) is 0 Å². The highest BCUT2D eigenvalue weighted by Crippen LogP contribution is 2.22. The molecule has 6 nitrogen and oxygen atoms in total. The zero-order valence-corrected chi connectivity index (χ0v) is 14.1. The van der Waals surface area contributed by atoms with Crippen LogP contribution in [0.15, 0.2) is 42.9 Å². The third-order valence-electron chi connectivity index (χ3n) is 4.08. The molecule has 2 aromatic heterocycles. The lowest BCUT2D eigenvalue weighted by Crippen LogP contribution is -2.37. The molecule has 126 valence electrons. The minimum absolute atomic E-state index is 0.0535. The average Bonchev–Trinajstić information content (AvgIpc) is 3.13. The smallest absolute Gasteiger partial charge is 0.258 e. The lowest BCUT2D eigenvalue weighted by atomic mass is 10.1. The van der Waals surface area contributed by atoms with E-state index in [1.807, 2.05) is 37.2 Å². The van der Waals surface area contributed by atoms with E-state index in [0.29, 0.717) is 12.1 Å². The van der Waals surface area contributed by atoms with Crippen LogP contribution < -0.4 is 9.80 Å². The summed E-state index contributed by atoms with van der Waals surface area (Å²) in [5.74, 6) is 0.704. The Morgan fingerprint density at radius 1 is 1.25 bits per heavy atom. The largest absolute Gasteiger partial charge is 0.376 e. The Morgan fingerprint density at radius 2 is 2.04 bits per heavy atom. The first-order valence-corrected chi connectivity index (χ1v) is 8.12. The van der Waals surface area contributed by atoms with Gasteiger partial charge in [0.2, 0.25) is 0 Å². The number of nitrogens with zero attached hydrogens (tertiary/aromatic N) is 4. The number of pyridine rings is 2. The molecule has 0 aromatic carbocycles. The van der Waals surface area contributed by atoms with Crippen molar-refractivity contribution in [3.05, 3.63) is 48.4 Å². The quantitative estimate of drug-likeness (QED) is 0.844. The topological polar surface area (TPSA) is 58.6 Å². The summed E-state index contributed by atoms with van der Waals surface area (Å²) in [6.45, 7) is 1.31. The Labute approximate surface area is 142 Å². The molecule has 0 bridgehead atoms. The first kappa shape index (κ1) is 16.4. The minimum Gasteiger partial charge on any atom is -0.376 e. The van der Waals surface area contributed by atoms with Crippen molar-refractivity contribution in [2.24, 2.45) is 0 Å². The van der Waals surface area contributed by atoms with E-state index in [2.05, 4.69) is 9.97 Å². The average molecular weight is 326 g/mol. The maximum Gasteiger partial charge on any atom is 0.258 e. The normalized spacial score (nSPS) is 16.8. The maximum absolute atomic E-state index is 13.1. The minimum atomic E-state index is -0.0535. The summed E-state index contributed by atoms with van der Waals surface area (Å²) in [6.07, 6.45) is 7.17. The highest BCUT2D eigenvalue weighted by molar-refractivity contribution is 6.06. The van der Waals surface area contributed by atoms with Gasteiger partial charge in [-0.25, -0.2) is 4.98 Å². The van der Waals surface area contributed by atoms with E-state index >= 15 is 0 Å². The van der Waals surface area contributed by atoms with E-state index in [-0.39, 0.29) is 12.0 Å².